The van der Waals surface area contributed by atoms with Gasteiger partial charge in [0.1, 0.15) is 11.4 Å². The van der Waals surface area contributed by atoms with Gasteiger partial charge < -0.3 is 14.8 Å². The minimum atomic E-state index is -4.51. The highest BCUT2D eigenvalue weighted by Gasteiger charge is 2.43. The van der Waals surface area contributed by atoms with Gasteiger partial charge >= 0.3 is 6.18 Å². The van der Waals surface area contributed by atoms with Crippen molar-refractivity contribution >= 4 is 11.7 Å². The van der Waals surface area contributed by atoms with Crippen LogP contribution in [-0.2, 0) is 9.53 Å². The molecule has 0 aliphatic carbocycles. The van der Waals surface area contributed by atoms with E-state index < -0.39 is 17.7 Å². The number of carbonyl (C=O) groups excluding carboxylic acids is 2. The largest absolute Gasteiger partial charge is 0.481 e. The van der Waals surface area contributed by atoms with E-state index in [-0.39, 0.29) is 49.2 Å². The van der Waals surface area contributed by atoms with Crippen LogP contribution in [-0.4, -0.2) is 49.2 Å². The van der Waals surface area contributed by atoms with Gasteiger partial charge in [-0.2, -0.15) is 13.2 Å². The lowest BCUT2D eigenvalue weighted by Crippen LogP contribution is -2.47. The van der Waals surface area contributed by atoms with Crippen LogP contribution in [0.4, 0.5) is 13.2 Å². The van der Waals surface area contributed by atoms with Crippen LogP contribution in [0.2, 0.25) is 0 Å². The summed E-state index contributed by atoms with van der Waals surface area (Å²) >= 11 is 0. The maximum absolute atomic E-state index is 12.7. The molecule has 26 heavy (non-hydrogen) atoms. The molecule has 1 aliphatic rings. The summed E-state index contributed by atoms with van der Waals surface area (Å²) in [6.07, 6.45) is -5.07. The first kappa shape index (κ1) is 20.2. The Bertz CT molecular complexity index is 687. The summed E-state index contributed by atoms with van der Waals surface area (Å²) in [4.78, 5) is 28.2. The quantitative estimate of drug-likeness (QED) is 0.742. The molecule has 1 fully saturated rings. The van der Waals surface area contributed by atoms with Gasteiger partial charge in [-0.05, 0) is 13.8 Å². The van der Waals surface area contributed by atoms with Crippen molar-refractivity contribution in [2.75, 3.05) is 20.3 Å². The Morgan fingerprint density at radius 2 is 2.04 bits per heavy atom. The highest BCUT2D eigenvalue weighted by atomic mass is 19.4. The third-order valence-electron chi connectivity index (χ3n) is 4.27. The topological polar surface area (TPSA) is 77.5 Å². The third-order valence-corrected chi connectivity index (χ3v) is 4.27. The average Bonchev–Trinajstić information content (AvgIpc) is 2.53. The monoisotopic (exact) mass is 374 g/mol. The molecule has 0 unspecified atom stereocenters. The van der Waals surface area contributed by atoms with Gasteiger partial charge in [-0.15, -0.1) is 0 Å². The van der Waals surface area contributed by atoms with Crippen LogP contribution in [0, 0.1) is 12.3 Å². The molecule has 1 aliphatic heterocycles. The van der Waals surface area contributed by atoms with Crippen molar-refractivity contribution in [3.05, 3.63) is 23.5 Å². The summed E-state index contributed by atoms with van der Waals surface area (Å²) in [6.45, 7) is 2.98. The van der Waals surface area contributed by atoms with E-state index in [1.54, 1.807) is 6.92 Å². The lowest BCUT2D eigenvalue weighted by atomic mass is 9.77. The minimum Gasteiger partial charge on any atom is -0.481 e. The molecule has 2 rings (SSSR count). The fourth-order valence-electron chi connectivity index (χ4n) is 2.56. The van der Waals surface area contributed by atoms with E-state index in [0.717, 1.165) is 6.92 Å². The van der Waals surface area contributed by atoms with Gasteiger partial charge in [0.05, 0.1) is 13.2 Å². The second-order valence-electron chi connectivity index (χ2n) is 6.58. The summed E-state index contributed by atoms with van der Waals surface area (Å²) in [5, 5.41) is 2.51. The van der Waals surface area contributed by atoms with Gasteiger partial charge in [0.15, 0.2) is 11.9 Å². The predicted molar refractivity (Wildman–Crippen MR) is 86.0 cm³/mol. The average molecular weight is 374 g/mol. The number of rotatable bonds is 7. The maximum Gasteiger partial charge on any atom is 0.425 e. The first-order valence-electron chi connectivity index (χ1n) is 8.08. The van der Waals surface area contributed by atoms with E-state index in [4.69, 9.17) is 9.47 Å². The van der Waals surface area contributed by atoms with Crippen molar-refractivity contribution in [1.29, 1.82) is 0 Å². The molecule has 0 radical (unpaired) electrons. The molecule has 6 nitrogen and oxygen atoms in total. The zero-order chi connectivity index (χ0) is 19.5. The molecule has 2 heterocycles. The summed E-state index contributed by atoms with van der Waals surface area (Å²) in [5.41, 5.74) is -0.211. The molecule has 0 bridgehead atoms. The van der Waals surface area contributed by atoms with Gasteiger partial charge in [-0.25, -0.2) is 0 Å². The van der Waals surface area contributed by atoms with Crippen LogP contribution < -0.4 is 10.1 Å². The second-order valence-corrected chi connectivity index (χ2v) is 6.58. The van der Waals surface area contributed by atoms with Crippen molar-refractivity contribution in [2.45, 2.75) is 39.0 Å². The van der Waals surface area contributed by atoms with Crippen molar-refractivity contribution in [2.24, 2.45) is 5.41 Å². The zero-order valence-corrected chi connectivity index (χ0v) is 14.8. The van der Waals surface area contributed by atoms with E-state index >= 15 is 0 Å². The number of aryl methyl sites for hydroxylation is 1. The van der Waals surface area contributed by atoms with Crippen molar-refractivity contribution in [1.82, 2.24) is 10.3 Å². The van der Waals surface area contributed by atoms with Gasteiger partial charge in [-0.3, -0.25) is 14.6 Å². The van der Waals surface area contributed by atoms with Crippen LogP contribution in [0.15, 0.2) is 12.3 Å². The van der Waals surface area contributed by atoms with E-state index in [1.165, 1.54) is 19.3 Å². The van der Waals surface area contributed by atoms with Gasteiger partial charge in [0.2, 0.25) is 5.91 Å². The number of pyridine rings is 1. The Labute approximate surface area is 149 Å². The summed E-state index contributed by atoms with van der Waals surface area (Å²) < 4.78 is 48.2. The molecule has 0 spiro atoms. The number of halogens is 3. The van der Waals surface area contributed by atoms with Crippen LogP contribution in [0.3, 0.4) is 0 Å². The number of ketones is 1. The summed E-state index contributed by atoms with van der Waals surface area (Å²) in [5.74, 6) is -0.624. The molecule has 1 amide bonds. The molecule has 1 saturated heterocycles. The molecule has 1 atom stereocenters. The number of carbonyl (C=O) groups is 2. The van der Waals surface area contributed by atoms with E-state index in [2.05, 4.69) is 10.3 Å². The van der Waals surface area contributed by atoms with Crippen LogP contribution in [0.1, 0.15) is 35.8 Å². The minimum absolute atomic E-state index is 0.00292. The molecule has 1 N–H and O–H groups in total. The molecule has 0 saturated carbocycles. The molecular weight excluding hydrogens is 353 g/mol. The maximum atomic E-state index is 12.7. The van der Waals surface area contributed by atoms with E-state index in [0.29, 0.717) is 5.56 Å². The standard InChI is InChI=1S/C17H21F3N2O4/c1-10-7-22-12(4-14(10)26-11(2)17(18,19)20)13(23)5-16(8-25-9-16)6-15(24)21-3/h4,7,11H,5-6,8-9H2,1-3H3,(H,21,24)/t11-/m0/s1. The Morgan fingerprint density at radius 1 is 1.38 bits per heavy atom. The highest BCUT2D eigenvalue weighted by molar-refractivity contribution is 5.95. The second kappa shape index (κ2) is 7.61. The molecule has 1 aromatic rings. The number of nitrogens with zero attached hydrogens (tertiary/aromatic N) is 1. The Morgan fingerprint density at radius 3 is 2.54 bits per heavy atom. The van der Waals surface area contributed by atoms with Crippen LogP contribution in [0.25, 0.3) is 0 Å². The number of nitrogens with one attached hydrogen (secondary N) is 1. The van der Waals surface area contributed by atoms with Gasteiger partial charge in [-0.1, -0.05) is 0 Å². The zero-order valence-electron chi connectivity index (χ0n) is 14.8. The number of ether oxygens (including phenoxy) is 2. The molecule has 1 aromatic heterocycles. The predicted octanol–water partition coefficient (Wildman–Crippen LogP) is 2.45. The van der Waals surface area contributed by atoms with Gasteiger partial charge in [0.25, 0.3) is 0 Å². The smallest absolute Gasteiger partial charge is 0.425 e. The first-order chi connectivity index (χ1) is 12.1. The SMILES string of the molecule is CNC(=O)CC1(CC(=O)c2cc(O[C@@H](C)C(F)(F)F)c(C)cn2)COC1. The fraction of sp³-hybridized carbons (Fsp3) is 0.588. The Kier molecular flexibility index (Phi) is 5.90. The molecular formula is C17H21F3N2O4. The third kappa shape index (κ3) is 4.72. The first-order valence-corrected chi connectivity index (χ1v) is 8.08. The highest BCUT2D eigenvalue weighted by Crippen LogP contribution is 2.36. The molecule has 0 aromatic carbocycles. The number of alkyl halides is 3. The van der Waals surface area contributed by atoms with E-state index in [1.807, 2.05) is 0 Å². The number of Topliss-reactive ketones (excluding diaryl/α,β-unsaturated/α-hetero) is 1. The molecule has 9 heteroatoms. The van der Waals surface area contributed by atoms with Crippen molar-refractivity contribution < 1.29 is 32.2 Å². The normalized spacial score (nSPS) is 17.2. The van der Waals surface area contributed by atoms with Gasteiger partial charge in [0, 0.05) is 43.1 Å². The summed E-state index contributed by atoms with van der Waals surface area (Å²) in [7, 11) is 1.50. The lowest BCUT2D eigenvalue weighted by Gasteiger charge is -2.40. The fourth-order valence-corrected chi connectivity index (χ4v) is 2.56. The Hall–Kier alpha value is -2.16. The van der Waals surface area contributed by atoms with Crippen LogP contribution >= 0.6 is 0 Å². The summed E-state index contributed by atoms with van der Waals surface area (Å²) in [6, 6.07) is 1.22. The van der Waals surface area contributed by atoms with E-state index in [9.17, 15) is 22.8 Å². The molecule has 144 valence electrons. The van der Waals surface area contributed by atoms with Crippen LogP contribution in [0.5, 0.6) is 5.75 Å². The number of hydrogen-bond donors (Lipinski definition) is 1. The lowest BCUT2D eigenvalue weighted by molar-refractivity contribution is -0.189. The number of aromatic nitrogens is 1. The van der Waals surface area contributed by atoms with Crippen molar-refractivity contribution in [3.63, 3.8) is 0 Å². The number of amides is 1. The van der Waals surface area contributed by atoms with Crippen molar-refractivity contribution in [3.8, 4) is 5.75 Å². The number of hydrogen-bond acceptors (Lipinski definition) is 5. The Balaban J connectivity index is 2.14.